The van der Waals surface area contributed by atoms with Gasteiger partial charge in [-0.3, -0.25) is 9.69 Å². The number of hydrogen-bond donors (Lipinski definition) is 2. The molecule has 0 aliphatic heterocycles. The first-order valence-electron chi connectivity index (χ1n) is 6.78. The molecule has 0 saturated carbocycles. The van der Waals surface area contributed by atoms with Crippen molar-refractivity contribution in [2.45, 2.75) is 44.7 Å². The minimum atomic E-state index is -3.68. The van der Waals surface area contributed by atoms with Crippen molar-refractivity contribution in [3.63, 3.8) is 0 Å². The predicted molar refractivity (Wildman–Crippen MR) is 84.2 cm³/mol. The minimum Gasteiger partial charge on any atom is -0.326 e. The van der Waals surface area contributed by atoms with Crippen LogP contribution < -0.4 is 10.3 Å². The summed E-state index contributed by atoms with van der Waals surface area (Å²) in [5.41, 5.74) is -0.513. The van der Waals surface area contributed by atoms with Crippen molar-refractivity contribution < 1.29 is 8.42 Å². The molecule has 1 heterocycles. The molecule has 1 aromatic rings. The fourth-order valence-corrected chi connectivity index (χ4v) is 3.35. The molecule has 0 aliphatic carbocycles. The molecule has 0 aliphatic rings. The molecular formula is C13H22ClN3O3S. The summed E-state index contributed by atoms with van der Waals surface area (Å²) in [4.78, 5) is 15.6. The first-order valence-corrected chi connectivity index (χ1v) is 8.65. The average Bonchev–Trinajstić information content (AvgIpc) is 2.36. The molecule has 2 N–H and O–H groups in total. The molecule has 1 aromatic heterocycles. The number of halogens is 1. The second-order valence-corrected chi connectivity index (χ2v) is 7.51. The predicted octanol–water partition coefficient (Wildman–Crippen LogP) is 1.43. The summed E-state index contributed by atoms with van der Waals surface area (Å²) in [6.07, 6.45) is 1.14. The molecule has 21 heavy (non-hydrogen) atoms. The van der Waals surface area contributed by atoms with E-state index >= 15 is 0 Å². The van der Waals surface area contributed by atoms with Gasteiger partial charge in [-0.15, -0.1) is 0 Å². The number of nitrogens with zero attached hydrogens (tertiary/aromatic N) is 1. The van der Waals surface area contributed by atoms with Gasteiger partial charge in [0, 0.05) is 31.4 Å². The monoisotopic (exact) mass is 335 g/mol. The third-order valence-electron chi connectivity index (χ3n) is 3.13. The number of nitrogens with one attached hydrogen (secondary N) is 2. The Morgan fingerprint density at radius 2 is 1.86 bits per heavy atom. The van der Waals surface area contributed by atoms with Crippen LogP contribution in [0.1, 0.15) is 27.7 Å². The van der Waals surface area contributed by atoms with E-state index in [0.717, 1.165) is 12.3 Å². The van der Waals surface area contributed by atoms with E-state index in [2.05, 4.69) is 42.3 Å². The third kappa shape index (κ3) is 5.10. The number of sulfonamides is 1. The highest BCUT2D eigenvalue weighted by Gasteiger charge is 2.17. The fraction of sp³-hybridized carbons (Fsp3) is 0.615. The van der Waals surface area contributed by atoms with Crippen molar-refractivity contribution in [3.05, 3.63) is 27.6 Å². The van der Waals surface area contributed by atoms with E-state index < -0.39 is 15.6 Å². The maximum absolute atomic E-state index is 12.1. The van der Waals surface area contributed by atoms with Gasteiger partial charge in [0.05, 0.1) is 4.90 Å². The van der Waals surface area contributed by atoms with E-state index in [0.29, 0.717) is 18.6 Å². The van der Waals surface area contributed by atoms with Gasteiger partial charge in [0.25, 0.3) is 5.56 Å². The molecule has 0 saturated heterocycles. The van der Waals surface area contributed by atoms with Gasteiger partial charge in [-0.2, -0.15) is 0 Å². The Bertz CT molecular complexity index is 618. The zero-order valence-electron chi connectivity index (χ0n) is 12.7. The second kappa shape index (κ2) is 7.40. The topological polar surface area (TPSA) is 82.3 Å². The molecule has 8 heteroatoms. The van der Waals surface area contributed by atoms with E-state index in [1.165, 1.54) is 0 Å². The minimum absolute atomic E-state index is 0.0484. The van der Waals surface area contributed by atoms with E-state index in [1.54, 1.807) is 0 Å². The molecule has 6 nitrogen and oxygen atoms in total. The largest absolute Gasteiger partial charge is 0.326 e. The van der Waals surface area contributed by atoms with Crippen molar-refractivity contribution in [2.24, 2.45) is 0 Å². The van der Waals surface area contributed by atoms with Crippen molar-refractivity contribution in [1.82, 2.24) is 14.6 Å². The van der Waals surface area contributed by atoms with Crippen molar-refractivity contribution in [1.29, 1.82) is 0 Å². The second-order valence-electron chi connectivity index (χ2n) is 5.34. The Kier molecular flexibility index (Phi) is 6.40. The molecule has 0 bridgehead atoms. The molecule has 0 amide bonds. The summed E-state index contributed by atoms with van der Waals surface area (Å²) in [6.45, 7) is 9.15. The van der Waals surface area contributed by atoms with Crippen LogP contribution in [-0.2, 0) is 10.0 Å². The maximum atomic E-state index is 12.1. The average molecular weight is 336 g/mol. The van der Waals surface area contributed by atoms with Crippen LogP contribution in [-0.4, -0.2) is 43.5 Å². The van der Waals surface area contributed by atoms with Gasteiger partial charge >= 0.3 is 0 Å². The van der Waals surface area contributed by atoms with E-state index in [-0.39, 0.29) is 16.5 Å². The Morgan fingerprint density at radius 1 is 1.29 bits per heavy atom. The highest BCUT2D eigenvalue weighted by atomic mass is 35.5. The van der Waals surface area contributed by atoms with Crippen LogP contribution in [0.3, 0.4) is 0 Å². The van der Waals surface area contributed by atoms with Crippen molar-refractivity contribution in [2.75, 3.05) is 13.1 Å². The molecule has 120 valence electrons. The molecule has 0 unspecified atom stereocenters. The number of pyridine rings is 1. The lowest BCUT2D eigenvalue weighted by Gasteiger charge is -2.30. The SMILES string of the molecule is CC(C)N(CCNS(=O)(=O)c1c[nH]c(=O)c(Cl)c1)C(C)C. The Hall–Kier alpha value is -0.890. The summed E-state index contributed by atoms with van der Waals surface area (Å²) in [7, 11) is -3.68. The zero-order chi connectivity index (χ0) is 16.2. The Balaban J connectivity index is 2.73. The molecule has 1 rings (SSSR count). The molecule has 0 aromatic carbocycles. The number of hydrogen-bond acceptors (Lipinski definition) is 4. The van der Waals surface area contributed by atoms with Crippen LogP contribution in [0.5, 0.6) is 0 Å². The van der Waals surface area contributed by atoms with Crippen LogP contribution in [0.15, 0.2) is 22.0 Å². The van der Waals surface area contributed by atoms with Gasteiger partial charge in [0.2, 0.25) is 10.0 Å². The standard InChI is InChI=1S/C13H22ClN3O3S/c1-9(2)17(10(3)4)6-5-16-21(19,20)11-7-12(14)13(18)15-8-11/h7-10,16H,5-6H2,1-4H3,(H,15,18). The molecule has 0 radical (unpaired) electrons. The molecule has 0 atom stereocenters. The number of aromatic nitrogens is 1. The lowest BCUT2D eigenvalue weighted by Crippen LogP contribution is -2.42. The van der Waals surface area contributed by atoms with Gasteiger partial charge in [-0.05, 0) is 33.8 Å². The lowest BCUT2D eigenvalue weighted by atomic mass is 10.2. The van der Waals surface area contributed by atoms with Gasteiger partial charge < -0.3 is 4.98 Å². The van der Waals surface area contributed by atoms with Gasteiger partial charge in [0.15, 0.2) is 0 Å². The third-order valence-corrected chi connectivity index (χ3v) is 4.85. The summed E-state index contributed by atoms with van der Waals surface area (Å²) in [6, 6.07) is 1.81. The molecule has 0 spiro atoms. The Morgan fingerprint density at radius 3 is 2.33 bits per heavy atom. The number of aromatic amines is 1. The van der Waals surface area contributed by atoms with Gasteiger partial charge in [-0.1, -0.05) is 11.6 Å². The Labute approximate surface area is 130 Å². The molecular weight excluding hydrogens is 314 g/mol. The first-order chi connectivity index (χ1) is 9.65. The lowest BCUT2D eigenvalue weighted by molar-refractivity contribution is 0.179. The van der Waals surface area contributed by atoms with Crippen LogP contribution in [0.2, 0.25) is 5.02 Å². The quantitative estimate of drug-likeness (QED) is 0.789. The summed E-state index contributed by atoms with van der Waals surface area (Å²) < 4.78 is 26.7. The number of H-pyrrole nitrogens is 1. The van der Waals surface area contributed by atoms with E-state index in [1.807, 2.05) is 0 Å². The van der Waals surface area contributed by atoms with Crippen LogP contribution >= 0.6 is 11.6 Å². The van der Waals surface area contributed by atoms with Gasteiger partial charge in [0.1, 0.15) is 5.02 Å². The van der Waals surface area contributed by atoms with Crippen molar-refractivity contribution in [3.8, 4) is 0 Å². The van der Waals surface area contributed by atoms with Crippen LogP contribution in [0.4, 0.5) is 0 Å². The summed E-state index contributed by atoms with van der Waals surface area (Å²) in [5.74, 6) is 0. The highest BCUT2D eigenvalue weighted by Crippen LogP contribution is 2.10. The van der Waals surface area contributed by atoms with E-state index in [4.69, 9.17) is 11.6 Å². The normalized spacial score (nSPS) is 12.6. The first kappa shape index (κ1) is 18.2. The fourth-order valence-electron chi connectivity index (χ4n) is 2.10. The maximum Gasteiger partial charge on any atom is 0.266 e. The van der Waals surface area contributed by atoms with Gasteiger partial charge in [-0.25, -0.2) is 13.1 Å². The number of rotatable bonds is 7. The summed E-state index contributed by atoms with van der Waals surface area (Å²) >= 11 is 5.64. The highest BCUT2D eigenvalue weighted by molar-refractivity contribution is 7.89. The smallest absolute Gasteiger partial charge is 0.266 e. The molecule has 0 fully saturated rings. The van der Waals surface area contributed by atoms with E-state index in [9.17, 15) is 13.2 Å². The zero-order valence-corrected chi connectivity index (χ0v) is 14.3. The van der Waals surface area contributed by atoms with Crippen LogP contribution in [0.25, 0.3) is 0 Å². The van der Waals surface area contributed by atoms with Crippen LogP contribution in [0, 0.1) is 0 Å². The summed E-state index contributed by atoms with van der Waals surface area (Å²) in [5, 5.41) is -0.149. The van der Waals surface area contributed by atoms with Crippen molar-refractivity contribution >= 4 is 21.6 Å².